The molecule has 0 spiro atoms. The molecule has 7 nitrogen and oxygen atoms in total. The summed E-state index contributed by atoms with van der Waals surface area (Å²) < 4.78 is 59.1. The van der Waals surface area contributed by atoms with Gasteiger partial charge in [0.25, 0.3) is 0 Å². The predicted octanol–water partition coefficient (Wildman–Crippen LogP) is -0.786. The average molecular weight is 308 g/mol. The summed E-state index contributed by atoms with van der Waals surface area (Å²) in [5.74, 6) is 0. The van der Waals surface area contributed by atoms with Gasteiger partial charge in [-0.2, -0.15) is 0 Å². The van der Waals surface area contributed by atoms with Crippen molar-refractivity contribution in [2.24, 2.45) is 0 Å². The number of rotatable bonds is 2. The molecule has 0 rings (SSSR count). The van der Waals surface area contributed by atoms with Crippen LogP contribution in [0.15, 0.2) is 0 Å². The Kier molecular flexibility index (Phi) is 2.37. The van der Waals surface area contributed by atoms with Gasteiger partial charge in [0.05, 0.1) is 0 Å². The predicted molar refractivity (Wildman–Crippen MR) is 5.20 cm³/mol. The summed E-state index contributed by atoms with van der Waals surface area (Å²) in [5.41, 5.74) is 0. The monoisotopic (exact) mass is 306 g/mol. The Labute approximate surface area is 54.5 Å². The van der Waals surface area contributed by atoms with Crippen molar-refractivity contribution in [2.75, 3.05) is 0 Å². The first-order valence-electron chi connectivity index (χ1n) is 1.23. The van der Waals surface area contributed by atoms with Gasteiger partial charge in [-0.25, -0.2) is 0 Å². The van der Waals surface area contributed by atoms with Crippen molar-refractivity contribution in [3.8, 4) is 0 Å². The van der Waals surface area contributed by atoms with Crippen LogP contribution in [0, 0.1) is 0 Å². The summed E-state index contributed by atoms with van der Waals surface area (Å²) in [7, 11) is 0. The Balaban J connectivity index is 4.91. The molecule has 0 aromatic carbocycles. The van der Waals surface area contributed by atoms with E-state index in [0.29, 0.717) is 0 Å². The number of hydrogen-bond donors (Lipinski definition) is 0. The molecule has 0 bridgehead atoms. The van der Waals surface area contributed by atoms with Crippen LogP contribution in [0.3, 0.4) is 0 Å². The maximum absolute atomic E-state index is 9.41. The first-order valence-corrected chi connectivity index (χ1v) is 7.30. The Morgan fingerprint density at radius 1 is 0.667 bits per heavy atom. The quantitative estimate of drug-likeness (QED) is 0.657. The number of hydrogen-bond acceptors (Lipinski definition) is 7. The van der Waals surface area contributed by atoms with Gasteiger partial charge >= 0.3 is 54.3 Å². The van der Waals surface area contributed by atoms with Gasteiger partial charge < -0.3 is 0 Å². The maximum atomic E-state index is 9.41. The molecule has 0 N–H and O–H groups in total. The zero-order valence-electron chi connectivity index (χ0n) is 3.61. The van der Waals surface area contributed by atoms with Crippen molar-refractivity contribution < 1.29 is 54.3 Å². The summed E-state index contributed by atoms with van der Waals surface area (Å²) >= 11 is -12.6. The van der Waals surface area contributed by atoms with Crippen LogP contribution in [0.25, 0.3) is 0 Å². The van der Waals surface area contributed by atoms with E-state index in [1.165, 1.54) is 0 Å². The second-order valence-corrected chi connectivity index (χ2v) is 6.51. The van der Waals surface area contributed by atoms with E-state index in [2.05, 4.69) is 2.25 Å². The molecule has 0 aliphatic rings. The van der Waals surface area contributed by atoms with Gasteiger partial charge in [0.1, 0.15) is 0 Å². The average Bonchev–Trinajstić information content (AvgIpc) is 1.14. The molecule has 0 aliphatic carbocycles. The standard InChI is InChI=1S/7O.2Tc. The van der Waals surface area contributed by atoms with Gasteiger partial charge in [0, 0.05) is 0 Å². The van der Waals surface area contributed by atoms with E-state index in [4.69, 9.17) is 0 Å². The molecule has 0 aromatic rings. The van der Waals surface area contributed by atoms with Crippen molar-refractivity contribution in [1.82, 2.24) is 0 Å². The molecule has 0 radical (unpaired) electrons. The Hall–Kier alpha value is 0.0587. The molecule has 0 saturated heterocycles. The molecule has 0 amide bonds. The van der Waals surface area contributed by atoms with Crippen molar-refractivity contribution >= 4 is 0 Å². The fourth-order valence-corrected chi connectivity index (χ4v) is 3.06. The summed E-state index contributed by atoms with van der Waals surface area (Å²) in [5, 5.41) is 0. The molecule has 9 heavy (non-hydrogen) atoms. The molecule has 0 heterocycles. The van der Waals surface area contributed by atoms with E-state index in [1.807, 2.05) is 0 Å². The van der Waals surface area contributed by atoms with Gasteiger partial charge in [0.15, 0.2) is 0 Å². The van der Waals surface area contributed by atoms with Gasteiger partial charge in [-0.3, -0.25) is 0 Å². The normalized spacial score (nSPS) is 13.3. The fraction of sp³-hybridized carbons (Fsp3) is 0. The second kappa shape index (κ2) is 2.35. The van der Waals surface area contributed by atoms with Crippen LogP contribution in [0.2, 0.25) is 0 Å². The van der Waals surface area contributed by atoms with Crippen LogP contribution >= 0.6 is 0 Å². The van der Waals surface area contributed by atoms with Crippen LogP contribution in [0.4, 0.5) is 0 Å². The molecule has 56 valence electrons. The third-order valence-corrected chi connectivity index (χ3v) is 5.00. The van der Waals surface area contributed by atoms with E-state index < -0.39 is 31.0 Å². The zero-order chi connectivity index (χ0) is 7.71. The summed E-state index contributed by atoms with van der Waals surface area (Å²) in [6.45, 7) is 0. The Bertz CT molecular complexity index is 305. The van der Waals surface area contributed by atoms with Crippen LogP contribution in [-0.4, -0.2) is 0 Å². The van der Waals surface area contributed by atoms with Crippen LogP contribution in [0.5, 0.6) is 0 Å². The first-order chi connectivity index (χ1) is 3.71. The van der Waals surface area contributed by atoms with Crippen molar-refractivity contribution in [3.05, 3.63) is 0 Å². The summed E-state index contributed by atoms with van der Waals surface area (Å²) in [4.78, 5) is 0. The van der Waals surface area contributed by atoms with Crippen molar-refractivity contribution in [3.63, 3.8) is 0 Å². The molecule has 0 fully saturated rings. The van der Waals surface area contributed by atoms with Gasteiger partial charge in [-0.1, -0.05) is 0 Å². The molecule has 0 aromatic heterocycles. The zero-order valence-corrected chi connectivity index (χ0v) is 7.33. The van der Waals surface area contributed by atoms with E-state index in [1.54, 1.807) is 0 Å². The molecular formula is O7Tc2. The van der Waals surface area contributed by atoms with E-state index in [-0.39, 0.29) is 0 Å². The molecular weight excluding hydrogens is 308 g/mol. The van der Waals surface area contributed by atoms with Gasteiger partial charge in [-0.05, 0) is 0 Å². The van der Waals surface area contributed by atoms with Gasteiger partial charge in [0.2, 0.25) is 0 Å². The minimum atomic E-state index is -6.28. The third kappa shape index (κ3) is 8.06. The third-order valence-electron chi connectivity index (χ3n) is 0.143. The minimum absolute atomic E-state index is 2.65. The molecule has 0 unspecified atom stereocenters. The Morgan fingerprint density at radius 3 is 0.889 bits per heavy atom. The fourth-order valence-electron chi connectivity index (χ4n) is 0.0875. The van der Waals surface area contributed by atoms with Crippen molar-refractivity contribution in [2.45, 2.75) is 0 Å². The second-order valence-electron chi connectivity index (χ2n) is 0.814. The SMILES string of the molecule is [O]=[Tc](=[O])(=[O])[O][Tc](=[O])(=[O])=[O]. The summed E-state index contributed by atoms with van der Waals surface area (Å²) in [6.07, 6.45) is 0. The topological polar surface area (TPSA) is 112 Å². The van der Waals surface area contributed by atoms with Gasteiger partial charge in [-0.15, -0.1) is 0 Å². The molecule has 0 aliphatic heterocycles. The first kappa shape index (κ1) is 9.06. The van der Waals surface area contributed by atoms with Crippen LogP contribution in [0.1, 0.15) is 0 Å². The summed E-state index contributed by atoms with van der Waals surface area (Å²) in [6, 6.07) is 0. The van der Waals surface area contributed by atoms with E-state index >= 15 is 0 Å². The van der Waals surface area contributed by atoms with E-state index in [0.717, 1.165) is 0 Å². The van der Waals surface area contributed by atoms with E-state index in [9.17, 15) is 21.0 Å². The van der Waals surface area contributed by atoms with Crippen molar-refractivity contribution in [1.29, 1.82) is 0 Å². The Morgan fingerprint density at radius 2 is 0.889 bits per heavy atom. The van der Waals surface area contributed by atoms with Crippen LogP contribution < -0.4 is 0 Å². The molecule has 0 saturated carbocycles. The molecule has 0 atom stereocenters. The molecule has 9 heteroatoms. The van der Waals surface area contributed by atoms with Crippen LogP contribution in [-0.2, 0) is 54.3 Å².